The quantitative estimate of drug-likeness (QED) is 0.428. The highest BCUT2D eigenvalue weighted by atomic mass is 32.1. The molecule has 5 rings (SSSR count). The van der Waals surface area contributed by atoms with Crippen LogP contribution in [0, 0.1) is 5.92 Å². The largest absolute Gasteiger partial charge is 0.494 e. The van der Waals surface area contributed by atoms with E-state index in [4.69, 9.17) is 9.72 Å². The summed E-state index contributed by atoms with van der Waals surface area (Å²) in [5, 5.41) is 5.38. The summed E-state index contributed by atoms with van der Waals surface area (Å²) in [6.07, 6.45) is 4.80. The van der Waals surface area contributed by atoms with Crippen molar-refractivity contribution in [2.45, 2.75) is 26.2 Å². The highest BCUT2D eigenvalue weighted by Crippen LogP contribution is 2.33. The van der Waals surface area contributed by atoms with E-state index in [1.54, 1.807) is 11.3 Å². The Morgan fingerprint density at radius 2 is 2.22 bits per heavy atom. The van der Waals surface area contributed by atoms with Gasteiger partial charge in [0.15, 0.2) is 5.13 Å². The molecule has 0 saturated carbocycles. The van der Waals surface area contributed by atoms with Crippen molar-refractivity contribution in [2.24, 2.45) is 5.92 Å². The fraction of sp³-hybridized carbons (Fsp3) is 0.360. The van der Waals surface area contributed by atoms with Crippen LogP contribution < -0.4 is 15.0 Å². The van der Waals surface area contributed by atoms with Gasteiger partial charge in [-0.25, -0.2) is 4.98 Å². The maximum Gasteiger partial charge on any atom is 0.224 e. The Balaban J connectivity index is 1.20. The molecule has 0 spiro atoms. The van der Waals surface area contributed by atoms with E-state index in [0.29, 0.717) is 13.2 Å². The van der Waals surface area contributed by atoms with Gasteiger partial charge in [-0.2, -0.15) is 0 Å². The van der Waals surface area contributed by atoms with Gasteiger partial charge in [-0.05, 0) is 56.0 Å². The zero-order valence-electron chi connectivity index (χ0n) is 18.3. The Morgan fingerprint density at radius 1 is 1.31 bits per heavy atom. The lowest BCUT2D eigenvalue weighted by atomic mass is 9.97. The average Bonchev–Trinajstić information content (AvgIpc) is 3.43. The highest BCUT2D eigenvalue weighted by Gasteiger charge is 2.27. The first-order valence-electron chi connectivity index (χ1n) is 11.3. The summed E-state index contributed by atoms with van der Waals surface area (Å²) < 4.78 is 6.74. The number of para-hydroxylation sites is 1. The van der Waals surface area contributed by atoms with Crippen LogP contribution in [0.1, 0.15) is 25.3 Å². The molecule has 1 aliphatic heterocycles. The second-order valence-corrected chi connectivity index (χ2v) is 9.25. The minimum atomic E-state index is -0.00211. The lowest BCUT2D eigenvalue weighted by Crippen LogP contribution is -2.43. The number of nitrogens with zero attached hydrogens (tertiary/aromatic N) is 2. The molecule has 2 aromatic carbocycles. The molecule has 2 N–H and O–H groups in total. The zero-order valence-corrected chi connectivity index (χ0v) is 19.1. The van der Waals surface area contributed by atoms with Crippen LogP contribution in [0.15, 0.2) is 48.7 Å². The van der Waals surface area contributed by atoms with Crippen LogP contribution in [0.3, 0.4) is 0 Å². The molecule has 0 unspecified atom stereocenters. The van der Waals surface area contributed by atoms with Crippen molar-refractivity contribution in [3.05, 3.63) is 54.2 Å². The van der Waals surface area contributed by atoms with Crippen molar-refractivity contribution in [2.75, 3.05) is 31.1 Å². The number of hydrogen-bond acceptors (Lipinski definition) is 5. The molecule has 1 fully saturated rings. The van der Waals surface area contributed by atoms with Crippen molar-refractivity contribution >= 4 is 43.5 Å². The molecule has 0 bridgehead atoms. The third-order valence-electron chi connectivity index (χ3n) is 6.09. The van der Waals surface area contributed by atoms with E-state index >= 15 is 0 Å². The number of fused-ring (bicyclic) bond motifs is 2. The van der Waals surface area contributed by atoms with E-state index in [0.717, 1.165) is 59.0 Å². The number of anilines is 1. The molecule has 2 aromatic heterocycles. The van der Waals surface area contributed by atoms with Crippen LogP contribution in [0.2, 0.25) is 0 Å². The fourth-order valence-electron chi connectivity index (χ4n) is 4.45. The van der Waals surface area contributed by atoms with E-state index in [2.05, 4.69) is 39.5 Å². The summed E-state index contributed by atoms with van der Waals surface area (Å²) in [5.41, 5.74) is 3.37. The van der Waals surface area contributed by atoms with Crippen molar-refractivity contribution in [1.82, 2.24) is 15.3 Å². The number of carbonyl (C=O) groups excluding carboxylic acids is 1. The average molecular weight is 449 g/mol. The summed E-state index contributed by atoms with van der Waals surface area (Å²) in [7, 11) is 0. The number of aromatic nitrogens is 2. The number of amides is 1. The van der Waals surface area contributed by atoms with E-state index in [-0.39, 0.29) is 11.8 Å². The molecule has 0 radical (unpaired) electrons. The van der Waals surface area contributed by atoms with Crippen LogP contribution in [0.25, 0.3) is 21.1 Å². The van der Waals surface area contributed by atoms with Gasteiger partial charge in [-0.3, -0.25) is 4.79 Å². The van der Waals surface area contributed by atoms with E-state index in [1.165, 1.54) is 10.9 Å². The normalized spacial score (nSPS) is 16.5. The van der Waals surface area contributed by atoms with Crippen molar-refractivity contribution in [3.8, 4) is 5.75 Å². The van der Waals surface area contributed by atoms with Gasteiger partial charge >= 0.3 is 0 Å². The van der Waals surface area contributed by atoms with Crippen LogP contribution in [-0.4, -0.2) is 42.1 Å². The molecule has 4 aromatic rings. The molecule has 0 aliphatic carbocycles. The summed E-state index contributed by atoms with van der Waals surface area (Å²) in [6.45, 7) is 4.95. The van der Waals surface area contributed by atoms with Gasteiger partial charge in [-0.15, -0.1) is 0 Å². The molecule has 7 heteroatoms. The summed E-state index contributed by atoms with van der Waals surface area (Å²) in [5.74, 6) is 1.02. The number of hydrogen-bond donors (Lipinski definition) is 2. The maximum atomic E-state index is 12.9. The van der Waals surface area contributed by atoms with Crippen molar-refractivity contribution < 1.29 is 9.53 Å². The SMILES string of the molecule is CCOc1ccc2nc(N3CCC[C@@H](C(=O)NCCc4c[nH]c5ccccc45)C3)sc2c1. The Labute approximate surface area is 191 Å². The molecule has 1 saturated heterocycles. The Morgan fingerprint density at radius 3 is 3.12 bits per heavy atom. The van der Waals surface area contributed by atoms with Crippen molar-refractivity contribution in [1.29, 1.82) is 0 Å². The van der Waals surface area contributed by atoms with Crippen molar-refractivity contribution in [3.63, 3.8) is 0 Å². The highest BCUT2D eigenvalue weighted by molar-refractivity contribution is 7.22. The van der Waals surface area contributed by atoms with Gasteiger partial charge in [0.05, 0.1) is 22.7 Å². The maximum absolute atomic E-state index is 12.9. The van der Waals surface area contributed by atoms with E-state index in [9.17, 15) is 4.79 Å². The summed E-state index contributed by atoms with van der Waals surface area (Å²) in [4.78, 5) is 23.3. The van der Waals surface area contributed by atoms with Gasteiger partial charge in [0.1, 0.15) is 5.75 Å². The third-order valence-corrected chi connectivity index (χ3v) is 7.17. The second kappa shape index (κ2) is 9.20. The Bertz CT molecular complexity index is 1230. The van der Waals surface area contributed by atoms with Gasteiger partial charge in [-0.1, -0.05) is 29.5 Å². The van der Waals surface area contributed by atoms with Gasteiger partial charge in [0, 0.05) is 36.7 Å². The topological polar surface area (TPSA) is 70.2 Å². The predicted molar refractivity (Wildman–Crippen MR) is 131 cm³/mol. The van der Waals surface area contributed by atoms with Gasteiger partial charge in [0.25, 0.3) is 0 Å². The Hall–Kier alpha value is -3.06. The molecular weight excluding hydrogens is 420 g/mol. The molecule has 3 heterocycles. The van der Waals surface area contributed by atoms with Gasteiger partial charge < -0.3 is 19.9 Å². The molecule has 1 amide bonds. The number of nitrogens with one attached hydrogen (secondary N) is 2. The zero-order chi connectivity index (χ0) is 21.9. The molecule has 1 aliphatic rings. The molecule has 166 valence electrons. The number of benzene rings is 2. The van der Waals surface area contributed by atoms with Crippen LogP contribution in [0.4, 0.5) is 5.13 Å². The number of thiazole rings is 1. The number of H-pyrrole nitrogens is 1. The lowest BCUT2D eigenvalue weighted by Gasteiger charge is -2.31. The van der Waals surface area contributed by atoms with Crippen LogP contribution >= 0.6 is 11.3 Å². The molecular formula is C25H28N4O2S. The lowest BCUT2D eigenvalue weighted by molar-refractivity contribution is -0.125. The molecule has 32 heavy (non-hydrogen) atoms. The first-order chi connectivity index (χ1) is 15.7. The first kappa shape index (κ1) is 20.8. The number of ether oxygens (including phenoxy) is 1. The van der Waals surface area contributed by atoms with E-state index < -0.39 is 0 Å². The second-order valence-electron chi connectivity index (χ2n) is 8.24. The van der Waals surface area contributed by atoms with Crippen LogP contribution in [0.5, 0.6) is 5.75 Å². The summed E-state index contributed by atoms with van der Waals surface area (Å²) >= 11 is 1.67. The number of rotatable bonds is 7. The minimum Gasteiger partial charge on any atom is -0.494 e. The summed E-state index contributed by atoms with van der Waals surface area (Å²) in [6, 6.07) is 14.3. The standard InChI is InChI=1S/C25H28N4O2S/c1-2-31-19-9-10-22-23(14-19)32-25(28-22)29-13-5-6-18(16-29)24(30)26-12-11-17-15-27-21-8-4-3-7-20(17)21/h3-4,7-10,14-15,18,27H,2,5-6,11-13,16H2,1H3,(H,26,30)/t18-/m1/s1. The Kier molecular flexibility index (Phi) is 5.99. The monoisotopic (exact) mass is 448 g/mol. The number of piperidine rings is 1. The van der Waals surface area contributed by atoms with Crippen LogP contribution in [-0.2, 0) is 11.2 Å². The molecule has 1 atom stereocenters. The van der Waals surface area contributed by atoms with E-state index in [1.807, 2.05) is 31.3 Å². The number of carbonyl (C=O) groups is 1. The molecule has 6 nitrogen and oxygen atoms in total. The smallest absolute Gasteiger partial charge is 0.224 e. The first-order valence-corrected chi connectivity index (χ1v) is 12.1. The fourth-order valence-corrected chi connectivity index (χ4v) is 5.48. The number of aromatic amines is 1. The third kappa shape index (κ3) is 4.30. The van der Waals surface area contributed by atoms with Gasteiger partial charge in [0.2, 0.25) is 5.91 Å². The predicted octanol–water partition coefficient (Wildman–Crippen LogP) is 4.75. The minimum absolute atomic E-state index is 0.00211.